The molecular formula is C19H20Cl2N2O2. The van der Waals surface area contributed by atoms with Crippen molar-refractivity contribution >= 4 is 40.7 Å². The first-order valence-electron chi connectivity index (χ1n) is 7.88. The largest absolute Gasteiger partial charge is 0.350 e. The predicted octanol–water partition coefficient (Wildman–Crippen LogP) is 4.39. The van der Waals surface area contributed by atoms with Gasteiger partial charge in [0.25, 0.3) is 5.91 Å². The first-order valence-corrected chi connectivity index (χ1v) is 8.64. The zero-order valence-electron chi connectivity index (χ0n) is 14.4. The zero-order chi connectivity index (χ0) is 18.6. The maximum atomic E-state index is 12.2. The molecule has 0 aromatic heterocycles. The molecule has 2 amide bonds. The van der Waals surface area contributed by atoms with Crippen molar-refractivity contribution < 1.29 is 9.59 Å². The Kier molecular flexibility index (Phi) is 6.45. The van der Waals surface area contributed by atoms with E-state index in [1.54, 1.807) is 17.0 Å². The van der Waals surface area contributed by atoms with E-state index in [1.165, 1.54) is 18.6 Å². The summed E-state index contributed by atoms with van der Waals surface area (Å²) < 4.78 is 0. The van der Waals surface area contributed by atoms with E-state index in [2.05, 4.69) is 5.32 Å². The third-order valence-corrected chi connectivity index (χ3v) is 4.72. The lowest BCUT2D eigenvalue weighted by atomic mass is 10.1. The lowest BCUT2D eigenvalue weighted by Crippen LogP contribution is -2.37. The average molecular weight is 379 g/mol. The number of hydrogen-bond acceptors (Lipinski definition) is 2. The smallest absolute Gasteiger partial charge is 0.251 e. The van der Waals surface area contributed by atoms with E-state index in [-0.39, 0.29) is 11.8 Å². The topological polar surface area (TPSA) is 49.4 Å². The van der Waals surface area contributed by atoms with Gasteiger partial charge in [0.05, 0.1) is 10.0 Å². The fourth-order valence-electron chi connectivity index (χ4n) is 2.38. The maximum absolute atomic E-state index is 12.2. The molecule has 0 spiro atoms. The summed E-state index contributed by atoms with van der Waals surface area (Å²) in [5, 5.41) is 3.52. The van der Waals surface area contributed by atoms with E-state index in [0.717, 1.165) is 11.3 Å². The molecule has 2 aromatic rings. The summed E-state index contributed by atoms with van der Waals surface area (Å²) in [6.07, 6.45) is 0. The average Bonchev–Trinajstić information content (AvgIpc) is 2.56. The van der Waals surface area contributed by atoms with Crippen LogP contribution in [0, 0.1) is 13.8 Å². The van der Waals surface area contributed by atoms with Gasteiger partial charge < -0.3 is 10.2 Å². The summed E-state index contributed by atoms with van der Waals surface area (Å²) >= 11 is 11.8. The number of anilines is 1. The predicted molar refractivity (Wildman–Crippen MR) is 103 cm³/mol. The SMILES string of the molecule is CC(=O)N(CCNC(=O)c1ccc(Cl)c(Cl)c1)c1ccc(C)c(C)c1. The molecule has 0 bridgehead atoms. The Morgan fingerprint density at radius 3 is 2.32 bits per heavy atom. The molecule has 1 N–H and O–H groups in total. The van der Waals surface area contributed by atoms with E-state index < -0.39 is 0 Å². The maximum Gasteiger partial charge on any atom is 0.251 e. The Balaban J connectivity index is 2.01. The van der Waals surface area contributed by atoms with Crippen LogP contribution in [0.25, 0.3) is 0 Å². The van der Waals surface area contributed by atoms with Crippen molar-refractivity contribution in [1.29, 1.82) is 0 Å². The third-order valence-electron chi connectivity index (χ3n) is 3.99. The number of carbonyl (C=O) groups is 2. The van der Waals surface area contributed by atoms with Crippen molar-refractivity contribution in [2.24, 2.45) is 0 Å². The summed E-state index contributed by atoms with van der Waals surface area (Å²) in [7, 11) is 0. The Morgan fingerprint density at radius 1 is 1.00 bits per heavy atom. The highest BCUT2D eigenvalue weighted by molar-refractivity contribution is 6.42. The van der Waals surface area contributed by atoms with Crippen LogP contribution in [0.4, 0.5) is 5.69 Å². The van der Waals surface area contributed by atoms with Crippen LogP contribution >= 0.6 is 23.2 Å². The first kappa shape index (κ1) is 19.3. The van der Waals surface area contributed by atoms with E-state index >= 15 is 0 Å². The molecule has 0 aliphatic heterocycles. The second-order valence-corrected chi connectivity index (χ2v) is 6.64. The van der Waals surface area contributed by atoms with Gasteiger partial charge >= 0.3 is 0 Å². The molecule has 4 nitrogen and oxygen atoms in total. The Morgan fingerprint density at radius 2 is 1.72 bits per heavy atom. The van der Waals surface area contributed by atoms with Crippen LogP contribution in [0.1, 0.15) is 28.4 Å². The molecule has 0 fully saturated rings. The molecule has 6 heteroatoms. The van der Waals surface area contributed by atoms with Crippen molar-refractivity contribution in [2.45, 2.75) is 20.8 Å². The second kappa shape index (κ2) is 8.37. The highest BCUT2D eigenvalue weighted by Gasteiger charge is 2.13. The third kappa shape index (κ3) is 4.97. The van der Waals surface area contributed by atoms with Gasteiger partial charge in [0.15, 0.2) is 0 Å². The molecule has 0 saturated carbocycles. The van der Waals surface area contributed by atoms with Crippen LogP contribution in [0.2, 0.25) is 10.0 Å². The summed E-state index contributed by atoms with van der Waals surface area (Å²) in [4.78, 5) is 25.8. The molecule has 0 aliphatic rings. The molecule has 0 saturated heterocycles. The summed E-state index contributed by atoms with van der Waals surface area (Å²) in [5.74, 6) is -0.339. The molecule has 0 atom stereocenters. The van der Waals surface area contributed by atoms with E-state index in [9.17, 15) is 9.59 Å². The second-order valence-electron chi connectivity index (χ2n) is 5.82. The van der Waals surface area contributed by atoms with Gasteiger partial charge in [-0.3, -0.25) is 9.59 Å². The number of nitrogens with one attached hydrogen (secondary N) is 1. The van der Waals surface area contributed by atoms with Crippen LogP contribution < -0.4 is 10.2 Å². The van der Waals surface area contributed by atoms with Gasteiger partial charge in [0.1, 0.15) is 0 Å². The minimum Gasteiger partial charge on any atom is -0.350 e. The first-order chi connectivity index (χ1) is 11.8. The Hall–Kier alpha value is -2.04. The van der Waals surface area contributed by atoms with Crippen LogP contribution in [0.3, 0.4) is 0 Å². The van der Waals surface area contributed by atoms with Crippen LogP contribution in [0.5, 0.6) is 0 Å². The van der Waals surface area contributed by atoms with Crippen molar-refractivity contribution in [1.82, 2.24) is 5.32 Å². The Bertz CT molecular complexity index is 806. The standard InChI is InChI=1S/C19H20Cl2N2O2/c1-12-4-6-16(10-13(12)2)23(14(3)24)9-8-22-19(25)15-5-7-17(20)18(21)11-15/h4-7,10-11H,8-9H2,1-3H3,(H,22,25). The molecule has 132 valence electrons. The molecule has 2 rings (SSSR count). The van der Waals surface area contributed by atoms with E-state index in [0.29, 0.717) is 28.7 Å². The highest BCUT2D eigenvalue weighted by atomic mass is 35.5. The Labute approximate surface area is 157 Å². The van der Waals surface area contributed by atoms with Crippen LogP contribution in [-0.4, -0.2) is 24.9 Å². The number of nitrogens with zero attached hydrogens (tertiary/aromatic N) is 1. The number of halogens is 2. The lowest BCUT2D eigenvalue weighted by molar-refractivity contribution is -0.116. The minimum atomic E-state index is -0.262. The lowest BCUT2D eigenvalue weighted by Gasteiger charge is -2.22. The molecule has 0 radical (unpaired) electrons. The summed E-state index contributed by atoms with van der Waals surface area (Å²) in [5.41, 5.74) is 3.53. The van der Waals surface area contributed by atoms with Gasteiger partial charge in [-0.15, -0.1) is 0 Å². The minimum absolute atomic E-state index is 0.0768. The van der Waals surface area contributed by atoms with Gasteiger partial charge in [-0.2, -0.15) is 0 Å². The van der Waals surface area contributed by atoms with Gasteiger partial charge in [0, 0.05) is 31.3 Å². The molecule has 0 unspecified atom stereocenters. The summed E-state index contributed by atoms with van der Waals surface area (Å²) in [6, 6.07) is 10.6. The number of benzene rings is 2. The van der Waals surface area contributed by atoms with Gasteiger partial charge in [-0.05, 0) is 55.3 Å². The van der Waals surface area contributed by atoms with E-state index in [1.807, 2.05) is 32.0 Å². The summed E-state index contributed by atoms with van der Waals surface area (Å²) in [6.45, 7) is 6.24. The van der Waals surface area contributed by atoms with Gasteiger partial charge in [0.2, 0.25) is 5.91 Å². The van der Waals surface area contributed by atoms with Crippen LogP contribution in [-0.2, 0) is 4.79 Å². The van der Waals surface area contributed by atoms with Gasteiger partial charge in [-0.25, -0.2) is 0 Å². The zero-order valence-corrected chi connectivity index (χ0v) is 15.9. The van der Waals surface area contributed by atoms with Crippen molar-refractivity contribution in [3.63, 3.8) is 0 Å². The van der Waals surface area contributed by atoms with Gasteiger partial charge in [-0.1, -0.05) is 29.3 Å². The molecule has 25 heavy (non-hydrogen) atoms. The van der Waals surface area contributed by atoms with Crippen molar-refractivity contribution in [2.75, 3.05) is 18.0 Å². The van der Waals surface area contributed by atoms with Crippen molar-refractivity contribution in [3.05, 3.63) is 63.1 Å². The molecule has 0 heterocycles. The van der Waals surface area contributed by atoms with Crippen LogP contribution in [0.15, 0.2) is 36.4 Å². The fourth-order valence-corrected chi connectivity index (χ4v) is 2.68. The van der Waals surface area contributed by atoms with E-state index in [4.69, 9.17) is 23.2 Å². The molecule has 2 aromatic carbocycles. The fraction of sp³-hybridized carbons (Fsp3) is 0.263. The normalized spacial score (nSPS) is 10.4. The molecule has 0 aliphatic carbocycles. The molecular weight excluding hydrogens is 359 g/mol. The quantitative estimate of drug-likeness (QED) is 0.838. The monoisotopic (exact) mass is 378 g/mol. The van der Waals surface area contributed by atoms with Crippen molar-refractivity contribution in [3.8, 4) is 0 Å². The number of amides is 2. The number of aryl methyl sites for hydroxylation is 2. The number of hydrogen-bond donors (Lipinski definition) is 1. The highest BCUT2D eigenvalue weighted by Crippen LogP contribution is 2.22. The number of rotatable bonds is 5. The number of carbonyl (C=O) groups excluding carboxylic acids is 2.